The normalized spacial score (nSPS) is 11.4. The first-order chi connectivity index (χ1) is 7.83. The van der Waals surface area contributed by atoms with E-state index < -0.39 is 0 Å². The van der Waals surface area contributed by atoms with Crippen LogP contribution in [-0.4, -0.2) is 24.2 Å². The number of aryl methyl sites for hydroxylation is 1. The fourth-order valence-electron chi connectivity index (χ4n) is 1.38. The van der Waals surface area contributed by atoms with Gasteiger partial charge in [0.15, 0.2) is 0 Å². The summed E-state index contributed by atoms with van der Waals surface area (Å²) in [6.07, 6.45) is 2.00. The first-order valence-electron chi connectivity index (χ1n) is 5.55. The average Bonchev–Trinajstić information content (AvgIpc) is 2.25. The molecule has 0 bridgehead atoms. The van der Waals surface area contributed by atoms with Crippen molar-refractivity contribution < 1.29 is 4.79 Å². The minimum absolute atomic E-state index is 0.0584. The summed E-state index contributed by atoms with van der Waals surface area (Å²) in [4.78, 5) is 13.1. The maximum atomic E-state index is 12.0. The maximum Gasteiger partial charge on any atom is 0.251 e. The Morgan fingerprint density at radius 1 is 1.47 bits per heavy atom. The van der Waals surface area contributed by atoms with Gasteiger partial charge < -0.3 is 11.1 Å². The lowest BCUT2D eigenvalue weighted by molar-refractivity contribution is 0.0945. The van der Waals surface area contributed by atoms with Crippen LogP contribution in [0.5, 0.6) is 0 Å². The highest BCUT2D eigenvalue weighted by atomic mass is 32.2. The number of thioether (sulfide) groups is 1. The van der Waals surface area contributed by atoms with Crippen molar-refractivity contribution in [2.24, 2.45) is 5.73 Å². The Bertz CT molecular complexity index is 410. The topological polar surface area (TPSA) is 55.1 Å². The minimum atomic E-state index is -0.388. The van der Waals surface area contributed by atoms with Gasteiger partial charge in [-0.1, -0.05) is 6.07 Å². The predicted molar refractivity (Wildman–Crippen MR) is 73.6 cm³/mol. The van der Waals surface area contributed by atoms with Crippen molar-refractivity contribution in [3.05, 3.63) is 29.3 Å². The van der Waals surface area contributed by atoms with Gasteiger partial charge in [0.1, 0.15) is 0 Å². The van der Waals surface area contributed by atoms with Gasteiger partial charge >= 0.3 is 0 Å². The lowest BCUT2D eigenvalue weighted by Gasteiger charge is -2.19. The summed E-state index contributed by atoms with van der Waals surface area (Å²) in [5, 5.41) is 2.86. The molecule has 3 nitrogen and oxygen atoms in total. The van der Waals surface area contributed by atoms with Gasteiger partial charge in [-0.05, 0) is 44.7 Å². The van der Waals surface area contributed by atoms with E-state index in [-0.39, 0.29) is 11.4 Å². The lowest BCUT2D eigenvalue weighted by atomic mass is 10.1. The highest BCUT2D eigenvalue weighted by molar-refractivity contribution is 7.98. The van der Waals surface area contributed by atoms with Crippen LogP contribution >= 0.6 is 11.8 Å². The van der Waals surface area contributed by atoms with Gasteiger partial charge in [-0.15, -0.1) is 11.8 Å². The number of carbonyl (C=O) groups excluding carboxylic acids is 1. The van der Waals surface area contributed by atoms with Crippen LogP contribution in [0.15, 0.2) is 23.1 Å². The Labute approximate surface area is 107 Å². The molecule has 0 saturated heterocycles. The third-order valence-corrected chi connectivity index (χ3v) is 3.12. The summed E-state index contributed by atoms with van der Waals surface area (Å²) < 4.78 is 0. The van der Waals surface area contributed by atoms with Crippen molar-refractivity contribution in [3.63, 3.8) is 0 Å². The molecular formula is C13H20N2OS. The van der Waals surface area contributed by atoms with Crippen LogP contribution < -0.4 is 11.1 Å². The summed E-state index contributed by atoms with van der Waals surface area (Å²) in [5.41, 5.74) is 7.15. The number of amides is 1. The average molecular weight is 252 g/mol. The van der Waals surface area contributed by atoms with E-state index in [0.29, 0.717) is 6.54 Å². The Hall–Kier alpha value is -1.00. The molecule has 0 aliphatic carbocycles. The zero-order chi connectivity index (χ0) is 13.1. The van der Waals surface area contributed by atoms with Crippen LogP contribution in [0.25, 0.3) is 0 Å². The summed E-state index contributed by atoms with van der Waals surface area (Å²) >= 11 is 1.63. The molecule has 94 valence electrons. The maximum absolute atomic E-state index is 12.0. The molecule has 0 unspecified atom stereocenters. The Kier molecular flexibility index (Phi) is 4.60. The molecule has 1 amide bonds. The Morgan fingerprint density at radius 2 is 2.12 bits per heavy atom. The molecule has 1 aromatic carbocycles. The summed E-state index contributed by atoms with van der Waals surface area (Å²) in [7, 11) is 0. The molecule has 0 aliphatic rings. The van der Waals surface area contributed by atoms with Gasteiger partial charge in [-0.2, -0.15) is 0 Å². The molecule has 0 radical (unpaired) electrons. The second kappa shape index (κ2) is 5.56. The molecule has 0 fully saturated rings. The second-order valence-electron chi connectivity index (χ2n) is 4.85. The van der Waals surface area contributed by atoms with Crippen LogP contribution in [0.1, 0.15) is 29.8 Å². The Morgan fingerprint density at radius 3 is 2.65 bits per heavy atom. The number of nitrogens with one attached hydrogen (secondary N) is 1. The molecule has 1 rings (SSSR count). The SMILES string of the molecule is CSc1ccc(C)c(C(=O)NCC(C)(C)N)c1. The number of rotatable bonds is 4. The number of benzene rings is 1. The summed E-state index contributed by atoms with van der Waals surface area (Å²) in [5.74, 6) is -0.0584. The van der Waals surface area contributed by atoms with Crippen molar-refractivity contribution in [3.8, 4) is 0 Å². The smallest absolute Gasteiger partial charge is 0.251 e. The molecule has 0 aromatic heterocycles. The molecule has 0 saturated carbocycles. The van der Waals surface area contributed by atoms with E-state index in [2.05, 4.69) is 5.32 Å². The number of hydrogen-bond acceptors (Lipinski definition) is 3. The van der Waals surface area contributed by atoms with Crippen LogP contribution in [-0.2, 0) is 0 Å². The highest BCUT2D eigenvalue weighted by Crippen LogP contribution is 2.19. The van der Waals surface area contributed by atoms with Crippen LogP contribution in [0.3, 0.4) is 0 Å². The van der Waals surface area contributed by atoms with E-state index in [1.807, 2.05) is 45.2 Å². The highest BCUT2D eigenvalue weighted by Gasteiger charge is 2.14. The molecule has 0 spiro atoms. The van der Waals surface area contributed by atoms with Crippen LogP contribution in [0.4, 0.5) is 0 Å². The van der Waals surface area contributed by atoms with Gasteiger partial charge in [0.05, 0.1) is 0 Å². The van der Waals surface area contributed by atoms with Gasteiger partial charge in [-0.3, -0.25) is 4.79 Å². The van der Waals surface area contributed by atoms with Crippen LogP contribution in [0.2, 0.25) is 0 Å². The molecule has 4 heteroatoms. The first-order valence-corrected chi connectivity index (χ1v) is 6.78. The van der Waals surface area contributed by atoms with E-state index in [1.165, 1.54) is 0 Å². The molecule has 0 heterocycles. The summed E-state index contributed by atoms with van der Waals surface area (Å²) in [6.45, 7) is 6.18. The largest absolute Gasteiger partial charge is 0.350 e. The van der Waals surface area contributed by atoms with E-state index in [0.717, 1.165) is 16.0 Å². The fourth-order valence-corrected chi connectivity index (χ4v) is 1.82. The number of carbonyl (C=O) groups is 1. The second-order valence-corrected chi connectivity index (χ2v) is 5.73. The molecular weight excluding hydrogens is 232 g/mol. The van der Waals surface area contributed by atoms with Gasteiger partial charge in [-0.25, -0.2) is 0 Å². The quantitative estimate of drug-likeness (QED) is 0.808. The van der Waals surface area contributed by atoms with E-state index in [4.69, 9.17) is 5.73 Å². The number of nitrogens with two attached hydrogens (primary N) is 1. The van der Waals surface area contributed by atoms with Crippen molar-refractivity contribution in [1.29, 1.82) is 0 Å². The molecule has 0 aliphatic heterocycles. The zero-order valence-electron chi connectivity index (χ0n) is 10.8. The van der Waals surface area contributed by atoms with E-state index >= 15 is 0 Å². The van der Waals surface area contributed by atoms with Crippen molar-refractivity contribution in [2.45, 2.75) is 31.2 Å². The minimum Gasteiger partial charge on any atom is -0.350 e. The Balaban J connectivity index is 2.81. The van der Waals surface area contributed by atoms with E-state index in [1.54, 1.807) is 11.8 Å². The van der Waals surface area contributed by atoms with Gasteiger partial charge in [0.2, 0.25) is 0 Å². The van der Waals surface area contributed by atoms with Gasteiger partial charge in [0.25, 0.3) is 5.91 Å². The van der Waals surface area contributed by atoms with Gasteiger partial charge in [0, 0.05) is 22.5 Å². The lowest BCUT2D eigenvalue weighted by Crippen LogP contribution is -2.45. The third kappa shape index (κ3) is 4.40. The molecule has 1 aromatic rings. The molecule has 3 N–H and O–H groups in total. The summed E-state index contributed by atoms with van der Waals surface area (Å²) in [6, 6.07) is 5.90. The zero-order valence-corrected chi connectivity index (χ0v) is 11.6. The monoisotopic (exact) mass is 252 g/mol. The van der Waals surface area contributed by atoms with E-state index in [9.17, 15) is 4.79 Å². The predicted octanol–water partition coefficient (Wildman–Crippen LogP) is 2.18. The number of hydrogen-bond donors (Lipinski definition) is 2. The van der Waals surface area contributed by atoms with Crippen LogP contribution in [0, 0.1) is 6.92 Å². The fraction of sp³-hybridized carbons (Fsp3) is 0.462. The van der Waals surface area contributed by atoms with Crippen molar-refractivity contribution >= 4 is 17.7 Å². The third-order valence-electron chi connectivity index (χ3n) is 2.39. The first kappa shape index (κ1) is 14.1. The molecule has 0 atom stereocenters. The standard InChI is InChI=1S/C13H20N2OS/c1-9-5-6-10(17-4)7-11(9)12(16)15-8-13(2,3)14/h5-7H,8,14H2,1-4H3,(H,15,16). The molecule has 17 heavy (non-hydrogen) atoms. The van der Waals surface area contributed by atoms with Crippen molar-refractivity contribution in [2.75, 3.05) is 12.8 Å². The van der Waals surface area contributed by atoms with Crippen molar-refractivity contribution in [1.82, 2.24) is 5.32 Å².